The molecule has 0 heterocycles. The van der Waals surface area contributed by atoms with E-state index >= 15 is 0 Å². The van der Waals surface area contributed by atoms with Gasteiger partial charge >= 0.3 is 0 Å². The third-order valence-corrected chi connectivity index (χ3v) is 1.72. The first kappa shape index (κ1) is 12.9. The van der Waals surface area contributed by atoms with Crippen LogP contribution in [-0.2, 0) is 9.59 Å². The van der Waals surface area contributed by atoms with Gasteiger partial charge in [0.15, 0.2) is 0 Å². The Morgan fingerprint density at radius 1 is 1.29 bits per heavy atom. The van der Waals surface area contributed by atoms with Crippen molar-refractivity contribution in [3.05, 3.63) is 0 Å². The van der Waals surface area contributed by atoms with Crippen molar-refractivity contribution in [2.45, 2.75) is 19.3 Å². The maximum atomic E-state index is 11.1. The second kappa shape index (κ2) is 7.32. The fourth-order valence-electron chi connectivity index (χ4n) is 0.860. The first-order valence-corrected chi connectivity index (χ1v) is 4.65. The van der Waals surface area contributed by atoms with Crippen molar-refractivity contribution >= 4 is 11.8 Å². The molecule has 0 aliphatic rings. The zero-order valence-electron chi connectivity index (χ0n) is 8.75. The predicted octanol–water partition coefficient (Wildman–Crippen LogP) is -0.647. The van der Waals surface area contributed by atoms with Gasteiger partial charge in [0, 0.05) is 40.1 Å². The van der Waals surface area contributed by atoms with Crippen LogP contribution in [0.2, 0.25) is 0 Å². The Kier molecular flexibility index (Phi) is 6.74. The summed E-state index contributed by atoms with van der Waals surface area (Å²) < 4.78 is 0. The third-order valence-electron chi connectivity index (χ3n) is 1.72. The van der Waals surface area contributed by atoms with Crippen LogP contribution in [0.3, 0.4) is 0 Å². The topological polar surface area (TPSA) is 69.6 Å². The molecular formula is C9H18N2O3. The summed E-state index contributed by atoms with van der Waals surface area (Å²) in [5.74, 6) is -0.127. The summed E-state index contributed by atoms with van der Waals surface area (Å²) in [4.78, 5) is 23.6. The van der Waals surface area contributed by atoms with Crippen LogP contribution >= 0.6 is 0 Å². The molecule has 14 heavy (non-hydrogen) atoms. The number of aliphatic hydroxyl groups excluding tert-OH is 1. The summed E-state index contributed by atoms with van der Waals surface area (Å²) in [6, 6.07) is 0. The smallest absolute Gasteiger partial charge is 0.223 e. The second-order valence-corrected chi connectivity index (χ2v) is 3.22. The highest BCUT2D eigenvalue weighted by molar-refractivity contribution is 5.78. The van der Waals surface area contributed by atoms with Crippen molar-refractivity contribution in [1.29, 1.82) is 0 Å². The van der Waals surface area contributed by atoms with Crippen LogP contribution in [0.4, 0.5) is 0 Å². The molecule has 0 unspecified atom stereocenters. The van der Waals surface area contributed by atoms with Crippen LogP contribution in [0.25, 0.3) is 0 Å². The SMILES string of the molecule is CN(C)C(=O)CCNC(=O)CCCO. The van der Waals surface area contributed by atoms with Gasteiger partial charge in [-0.1, -0.05) is 0 Å². The standard InChI is InChI=1S/C9H18N2O3/c1-11(2)9(14)5-6-10-8(13)4-3-7-12/h12H,3-7H2,1-2H3,(H,10,13). The van der Waals surface area contributed by atoms with E-state index in [1.807, 2.05) is 0 Å². The van der Waals surface area contributed by atoms with Gasteiger partial charge in [0.25, 0.3) is 0 Å². The Balaban J connectivity index is 3.44. The lowest BCUT2D eigenvalue weighted by molar-refractivity contribution is -0.128. The first-order valence-electron chi connectivity index (χ1n) is 4.65. The van der Waals surface area contributed by atoms with Gasteiger partial charge in [-0.15, -0.1) is 0 Å². The lowest BCUT2D eigenvalue weighted by Gasteiger charge is -2.10. The zero-order chi connectivity index (χ0) is 11.0. The minimum absolute atomic E-state index is 0.00698. The molecule has 0 saturated heterocycles. The molecule has 82 valence electrons. The molecule has 0 aliphatic heterocycles. The highest BCUT2D eigenvalue weighted by atomic mass is 16.3. The molecule has 5 heteroatoms. The lowest BCUT2D eigenvalue weighted by atomic mass is 10.3. The number of rotatable bonds is 6. The van der Waals surface area contributed by atoms with E-state index in [0.717, 1.165) is 0 Å². The van der Waals surface area contributed by atoms with Gasteiger partial charge in [-0.05, 0) is 6.42 Å². The Labute approximate surface area is 84.1 Å². The molecular weight excluding hydrogens is 184 g/mol. The largest absolute Gasteiger partial charge is 0.396 e. The monoisotopic (exact) mass is 202 g/mol. The molecule has 0 aliphatic carbocycles. The minimum Gasteiger partial charge on any atom is -0.396 e. The van der Waals surface area contributed by atoms with Crippen LogP contribution in [0.15, 0.2) is 0 Å². The number of aliphatic hydroxyl groups is 1. The quantitative estimate of drug-likeness (QED) is 0.601. The number of hydrogen-bond acceptors (Lipinski definition) is 3. The van der Waals surface area contributed by atoms with Crippen molar-refractivity contribution in [2.75, 3.05) is 27.2 Å². The van der Waals surface area contributed by atoms with E-state index in [2.05, 4.69) is 5.32 Å². The Morgan fingerprint density at radius 2 is 1.93 bits per heavy atom. The third kappa shape index (κ3) is 6.42. The molecule has 0 spiro atoms. The van der Waals surface area contributed by atoms with Gasteiger partial charge < -0.3 is 15.3 Å². The molecule has 2 amide bonds. The number of amides is 2. The maximum absolute atomic E-state index is 11.1. The number of nitrogens with one attached hydrogen (secondary N) is 1. The highest BCUT2D eigenvalue weighted by Gasteiger charge is 2.04. The molecule has 0 saturated carbocycles. The summed E-state index contributed by atoms with van der Waals surface area (Å²) in [5.41, 5.74) is 0. The summed E-state index contributed by atoms with van der Waals surface area (Å²) in [5, 5.41) is 11.1. The Bertz CT molecular complexity index is 192. The normalized spacial score (nSPS) is 9.64. The van der Waals surface area contributed by atoms with Gasteiger partial charge in [0.1, 0.15) is 0 Å². The van der Waals surface area contributed by atoms with E-state index in [1.165, 1.54) is 4.90 Å². The van der Waals surface area contributed by atoms with E-state index < -0.39 is 0 Å². The van der Waals surface area contributed by atoms with Crippen molar-refractivity contribution in [2.24, 2.45) is 0 Å². The molecule has 5 nitrogen and oxygen atoms in total. The molecule has 0 aromatic heterocycles. The predicted molar refractivity (Wildman–Crippen MR) is 52.6 cm³/mol. The fourth-order valence-corrected chi connectivity index (χ4v) is 0.860. The highest BCUT2D eigenvalue weighted by Crippen LogP contribution is 1.88. The number of hydrogen-bond donors (Lipinski definition) is 2. The number of nitrogens with zero attached hydrogens (tertiary/aromatic N) is 1. The molecule has 2 N–H and O–H groups in total. The molecule has 0 radical (unpaired) electrons. The van der Waals surface area contributed by atoms with Crippen LogP contribution in [-0.4, -0.2) is 49.1 Å². The van der Waals surface area contributed by atoms with Gasteiger partial charge in [-0.2, -0.15) is 0 Å². The van der Waals surface area contributed by atoms with E-state index in [-0.39, 0.29) is 18.4 Å². The van der Waals surface area contributed by atoms with Gasteiger partial charge in [0.05, 0.1) is 0 Å². The average Bonchev–Trinajstić information content (AvgIpc) is 2.14. The Hall–Kier alpha value is -1.10. The van der Waals surface area contributed by atoms with Crippen molar-refractivity contribution in [1.82, 2.24) is 10.2 Å². The summed E-state index contributed by atoms with van der Waals surface area (Å²) >= 11 is 0. The van der Waals surface area contributed by atoms with Gasteiger partial charge in [-0.25, -0.2) is 0 Å². The first-order chi connectivity index (χ1) is 6.57. The van der Waals surface area contributed by atoms with Crippen LogP contribution in [0.1, 0.15) is 19.3 Å². The molecule has 0 rings (SSSR count). The minimum atomic E-state index is -0.120. The lowest BCUT2D eigenvalue weighted by Crippen LogP contribution is -2.30. The summed E-state index contributed by atoms with van der Waals surface area (Å²) in [6.07, 6.45) is 1.10. The van der Waals surface area contributed by atoms with E-state index in [4.69, 9.17) is 5.11 Å². The van der Waals surface area contributed by atoms with Crippen molar-refractivity contribution < 1.29 is 14.7 Å². The molecule has 0 aromatic carbocycles. The van der Waals surface area contributed by atoms with Crippen LogP contribution in [0, 0.1) is 0 Å². The van der Waals surface area contributed by atoms with Crippen molar-refractivity contribution in [3.63, 3.8) is 0 Å². The summed E-state index contributed by atoms with van der Waals surface area (Å²) in [6.45, 7) is 0.380. The second-order valence-electron chi connectivity index (χ2n) is 3.22. The van der Waals surface area contributed by atoms with E-state index in [1.54, 1.807) is 14.1 Å². The van der Waals surface area contributed by atoms with Crippen molar-refractivity contribution in [3.8, 4) is 0 Å². The number of carbonyl (C=O) groups excluding carboxylic acids is 2. The van der Waals surface area contributed by atoms with E-state index in [9.17, 15) is 9.59 Å². The van der Waals surface area contributed by atoms with Crippen LogP contribution < -0.4 is 5.32 Å². The number of carbonyl (C=O) groups is 2. The fraction of sp³-hybridized carbons (Fsp3) is 0.778. The van der Waals surface area contributed by atoms with Gasteiger partial charge in [0.2, 0.25) is 11.8 Å². The zero-order valence-corrected chi connectivity index (χ0v) is 8.75. The van der Waals surface area contributed by atoms with E-state index in [0.29, 0.717) is 25.8 Å². The maximum Gasteiger partial charge on any atom is 0.223 e. The molecule has 0 bridgehead atoms. The average molecular weight is 202 g/mol. The Morgan fingerprint density at radius 3 is 2.43 bits per heavy atom. The van der Waals surface area contributed by atoms with Crippen LogP contribution in [0.5, 0.6) is 0 Å². The molecule has 0 fully saturated rings. The van der Waals surface area contributed by atoms with Gasteiger partial charge in [-0.3, -0.25) is 9.59 Å². The summed E-state index contributed by atoms with van der Waals surface area (Å²) in [7, 11) is 3.35. The molecule has 0 atom stereocenters. The molecule has 0 aromatic rings.